The smallest absolute Gasteiger partial charge is 0.322 e. The van der Waals surface area contributed by atoms with E-state index in [9.17, 15) is 18.8 Å². The number of imide groups is 1. The van der Waals surface area contributed by atoms with Gasteiger partial charge in [0.15, 0.2) is 0 Å². The van der Waals surface area contributed by atoms with Crippen LogP contribution in [0.1, 0.15) is 28.0 Å². The van der Waals surface area contributed by atoms with Crippen LogP contribution in [0.25, 0.3) is 5.57 Å². The van der Waals surface area contributed by atoms with E-state index in [0.717, 1.165) is 5.57 Å². The fourth-order valence-electron chi connectivity index (χ4n) is 4.38. The molecule has 2 atom stereocenters. The summed E-state index contributed by atoms with van der Waals surface area (Å²) in [7, 11) is 0. The Labute approximate surface area is 176 Å². The fraction of sp³-hybridized carbons (Fsp3) is 0.227. The van der Waals surface area contributed by atoms with Crippen molar-refractivity contribution in [2.24, 2.45) is 5.92 Å². The zero-order chi connectivity index (χ0) is 21.6. The summed E-state index contributed by atoms with van der Waals surface area (Å²) in [6.07, 6.45) is 10.9. The molecule has 0 spiro atoms. The molecule has 1 aliphatic carbocycles. The molecular weight excluding hydrogens is 401 g/mol. The number of allylic oxidation sites excluding steroid dienone is 3. The number of urea groups is 1. The van der Waals surface area contributed by atoms with E-state index in [1.165, 1.54) is 17.0 Å². The Bertz CT molecular complexity index is 1160. The number of hydrogen-bond donors (Lipinski definition) is 2. The predicted molar refractivity (Wildman–Crippen MR) is 108 cm³/mol. The van der Waals surface area contributed by atoms with Crippen LogP contribution < -0.4 is 10.6 Å². The number of benzene rings is 1. The highest BCUT2D eigenvalue weighted by Gasteiger charge is 2.53. The molecule has 4 amide bonds. The summed E-state index contributed by atoms with van der Waals surface area (Å²) in [6.45, 7) is 0.222. The van der Waals surface area contributed by atoms with Gasteiger partial charge in [-0.25, -0.2) is 9.18 Å². The molecule has 2 aliphatic heterocycles. The van der Waals surface area contributed by atoms with Gasteiger partial charge in [-0.2, -0.15) is 0 Å². The number of fused-ring (bicyclic) bond motifs is 1. The number of carbonyl (C=O) groups is 3. The van der Waals surface area contributed by atoms with E-state index in [2.05, 4.69) is 20.6 Å². The third-order valence-corrected chi connectivity index (χ3v) is 5.95. The summed E-state index contributed by atoms with van der Waals surface area (Å²) >= 11 is 0. The highest BCUT2D eigenvalue weighted by molar-refractivity contribution is 6.08. The first-order valence-electron chi connectivity index (χ1n) is 9.82. The molecule has 31 heavy (non-hydrogen) atoms. The summed E-state index contributed by atoms with van der Waals surface area (Å²) in [4.78, 5) is 47.6. The first kappa shape index (κ1) is 19.1. The third-order valence-electron chi connectivity index (χ3n) is 5.95. The van der Waals surface area contributed by atoms with Crippen molar-refractivity contribution in [1.82, 2.24) is 25.5 Å². The van der Waals surface area contributed by atoms with Crippen LogP contribution in [0.15, 0.2) is 55.0 Å². The lowest BCUT2D eigenvalue weighted by Crippen LogP contribution is -2.59. The summed E-state index contributed by atoms with van der Waals surface area (Å²) in [5.41, 5.74) is 1.22. The van der Waals surface area contributed by atoms with Gasteiger partial charge in [-0.3, -0.25) is 24.9 Å². The van der Waals surface area contributed by atoms with Gasteiger partial charge in [0.2, 0.25) is 0 Å². The molecule has 5 rings (SSSR count). The Kier molecular flexibility index (Phi) is 4.39. The average Bonchev–Trinajstić information content (AvgIpc) is 3.24. The minimum Gasteiger partial charge on any atom is -0.331 e. The fourth-order valence-corrected chi connectivity index (χ4v) is 4.38. The Morgan fingerprint density at radius 3 is 2.77 bits per heavy atom. The van der Waals surface area contributed by atoms with E-state index in [1.54, 1.807) is 24.7 Å². The Morgan fingerprint density at radius 1 is 1.23 bits per heavy atom. The topological polar surface area (TPSA) is 104 Å². The Morgan fingerprint density at radius 2 is 2.10 bits per heavy atom. The maximum atomic E-state index is 13.6. The quantitative estimate of drug-likeness (QED) is 0.736. The summed E-state index contributed by atoms with van der Waals surface area (Å²) in [5.74, 6) is -1.73. The molecule has 3 heterocycles. The highest BCUT2D eigenvalue weighted by Crippen LogP contribution is 2.35. The molecule has 1 saturated heterocycles. The molecule has 3 aliphatic rings. The number of carbonyl (C=O) groups excluding carboxylic acids is 3. The number of nitrogens with zero attached hydrogens (tertiary/aromatic N) is 3. The van der Waals surface area contributed by atoms with Gasteiger partial charge in [0.05, 0.1) is 18.4 Å². The van der Waals surface area contributed by atoms with E-state index < -0.39 is 23.3 Å². The van der Waals surface area contributed by atoms with Crippen molar-refractivity contribution < 1.29 is 18.8 Å². The van der Waals surface area contributed by atoms with Crippen LogP contribution in [0.2, 0.25) is 0 Å². The van der Waals surface area contributed by atoms with Gasteiger partial charge in [-0.1, -0.05) is 24.3 Å². The second kappa shape index (κ2) is 7.12. The number of aromatic nitrogens is 2. The summed E-state index contributed by atoms with van der Waals surface area (Å²) in [6, 6.07) is 3.47. The highest BCUT2D eigenvalue weighted by atomic mass is 19.1. The van der Waals surface area contributed by atoms with Crippen LogP contribution in [-0.2, 0) is 11.3 Å². The van der Waals surface area contributed by atoms with E-state index in [0.29, 0.717) is 17.7 Å². The number of hydrogen-bond acceptors (Lipinski definition) is 5. The average molecular weight is 419 g/mol. The van der Waals surface area contributed by atoms with E-state index >= 15 is 0 Å². The molecule has 0 bridgehead atoms. The van der Waals surface area contributed by atoms with Gasteiger partial charge in [0.1, 0.15) is 11.4 Å². The lowest BCUT2D eigenvalue weighted by Gasteiger charge is -2.37. The van der Waals surface area contributed by atoms with Crippen molar-refractivity contribution >= 4 is 23.4 Å². The van der Waals surface area contributed by atoms with Gasteiger partial charge >= 0.3 is 6.03 Å². The van der Waals surface area contributed by atoms with Crippen molar-refractivity contribution in [2.45, 2.75) is 18.5 Å². The van der Waals surface area contributed by atoms with Crippen molar-refractivity contribution in [3.05, 3.63) is 77.7 Å². The van der Waals surface area contributed by atoms with Gasteiger partial charge in [0.25, 0.3) is 11.8 Å². The number of nitrogens with one attached hydrogen (secondary N) is 2. The van der Waals surface area contributed by atoms with Crippen LogP contribution in [0, 0.1) is 11.7 Å². The minimum atomic E-state index is -1.33. The second-order valence-electron chi connectivity index (χ2n) is 7.79. The van der Waals surface area contributed by atoms with Gasteiger partial charge in [-0.05, 0) is 29.7 Å². The van der Waals surface area contributed by atoms with Gasteiger partial charge in [-0.15, -0.1) is 0 Å². The molecule has 1 aromatic heterocycles. The SMILES string of the molecule is O=C1NC(=O)C(CN2Cc3ccc(F)cc3C2=O)(C2C=CC(c3cnccn3)=CC2)N1. The normalized spacial score (nSPS) is 24.7. The number of amides is 4. The largest absolute Gasteiger partial charge is 0.331 e. The summed E-state index contributed by atoms with van der Waals surface area (Å²) < 4.78 is 13.6. The second-order valence-corrected chi connectivity index (χ2v) is 7.79. The molecule has 1 fully saturated rings. The molecule has 2 aromatic rings. The maximum Gasteiger partial charge on any atom is 0.322 e. The molecule has 0 saturated carbocycles. The Hall–Kier alpha value is -3.88. The maximum absolute atomic E-state index is 13.6. The molecule has 8 nitrogen and oxygen atoms in total. The monoisotopic (exact) mass is 419 g/mol. The standard InChI is InChI=1S/C22H18FN5O3/c23-16-6-3-14-11-28(19(29)17(14)9-16)12-22(20(30)26-21(31)27-22)15-4-1-13(2-5-15)18-10-24-7-8-25-18/h1-4,6-10,15H,5,11-12H2,(H2,26,27,30,31). The minimum absolute atomic E-state index is 0.0248. The number of rotatable bonds is 4. The zero-order valence-electron chi connectivity index (χ0n) is 16.3. The first-order valence-corrected chi connectivity index (χ1v) is 9.82. The molecule has 156 valence electrons. The van der Waals surface area contributed by atoms with Crippen LogP contribution in [0.3, 0.4) is 0 Å². The summed E-state index contributed by atoms with van der Waals surface area (Å²) in [5, 5.41) is 5.05. The zero-order valence-corrected chi connectivity index (χ0v) is 16.3. The van der Waals surface area contributed by atoms with E-state index in [4.69, 9.17) is 0 Å². The van der Waals surface area contributed by atoms with Crippen LogP contribution in [0.5, 0.6) is 0 Å². The van der Waals surface area contributed by atoms with Crippen LogP contribution in [-0.4, -0.2) is 44.8 Å². The lowest BCUT2D eigenvalue weighted by molar-refractivity contribution is -0.125. The first-order chi connectivity index (χ1) is 15.0. The van der Waals surface area contributed by atoms with Crippen molar-refractivity contribution in [3.63, 3.8) is 0 Å². The van der Waals surface area contributed by atoms with E-state index in [1.807, 2.05) is 18.2 Å². The molecule has 2 unspecified atom stereocenters. The molecular formula is C22H18FN5O3. The van der Waals surface area contributed by atoms with Gasteiger partial charge in [0, 0.05) is 30.4 Å². The van der Waals surface area contributed by atoms with Crippen molar-refractivity contribution in [2.75, 3.05) is 6.54 Å². The molecule has 0 radical (unpaired) electrons. The van der Waals surface area contributed by atoms with Crippen LogP contribution in [0.4, 0.5) is 9.18 Å². The van der Waals surface area contributed by atoms with Gasteiger partial charge < -0.3 is 10.2 Å². The third kappa shape index (κ3) is 3.18. The van der Waals surface area contributed by atoms with Crippen molar-refractivity contribution in [1.29, 1.82) is 0 Å². The predicted octanol–water partition coefficient (Wildman–Crippen LogP) is 1.81. The van der Waals surface area contributed by atoms with Crippen LogP contribution >= 0.6 is 0 Å². The van der Waals surface area contributed by atoms with E-state index in [-0.39, 0.29) is 30.5 Å². The Balaban J connectivity index is 1.42. The lowest BCUT2D eigenvalue weighted by atomic mass is 9.78. The molecule has 9 heteroatoms. The van der Waals surface area contributed by atoms with Crippen molar-refractivity contribution in [3.8, 4) is 0 Å². The number of halogens is 1. The molecule has 1 aromatic carbocycles. The molecule has 2 N–H and O–H groups in total.